The molecule has 3 aromatic carbocycles. The van der Waals surface area contributed by atoms with E-state index in [1.165, 1.54) is 5.56 Å². The van der Waals surface area contributed by atoms with Crippen molar-refractivity contribution in [3.8, 4) is 28.4 Å². The summed E-state index contributed by atoms with van der Waals surface area (Å²) in [5.74, 6) is 2.10. The number of nitrogens with zero attached hydrogens (tertiary/aromatic N) is 4. The van der Waals surface area contributed by atoms with E-state index in [0.717, 1.165) is 17.7 Å². The third kappa shape index (κ3) is 4.63. The van der Waals surface area contributed by atoms with Crippen LogP contribution < -0.4 is 20.5 Å². The Hall–Kier alpha value is -4.30. The molecule has 0 aliphatic heterocycles. The quantitative estimate of drug-likeness (QED) is 0.294. The fraction of sp³-hybridized carbons (Fsp3) is 0.148. The van der Waals surface area contributed by atoms with Gasteiger partial charge in [-0.1, -0.05) is 41.9 Å². The van der Waals surface area contributed by atoms with Gasteiger partial charge in [-0.05, 0) is 54.4 Å². The summed E-state index contributed by atoms with van der Waals surface area (Å²) >= 11 is 6.08. The summed E-state index contributed by atoms with van der Waals surface area (Å²) in [6, 6.07) is 23.2. The van der Waals surface area contributed by atoms with E-state index in [1.54, 1.807) is 31.0 Å². The molecule has 0 saturated carbocycles. The molecule has 0 aliphatic rings. The van der Waals surface area contributed by atoms with E-state index in [9.17, 15) is 0 Å². The lowest BCUT2D eigenvalue weighted by Crippen LogP contribution is -2.09. The number of ether oxygens (including phenoxy) is 2. The number of hydrogen-bond acceptors (Lipinski definition) is 7. The second-order valence-corrected chi connectivity index (χ2v) is 8.54. The summed E-state index contributed by atoms with van der Waals surface area (Å²) in [6.45, 7) is 0.661. The predicted molar refractivity (Wildman–Crippen MR) is 143 cm³/mol. The van der Waals surface area contributed by atoms with E-state index < -0.39 is 0 Å². The minimum absolute atomic E-state index is 0.424. The molecule has 0 saturated heterocycles. The molecular weight excluding hydrogens is 476 g/mol. The van der Waals surface area contributed by atoms with Crippen molar-refractivity contribution < 1.29 is 9.47 Å². The summed E-state index contributed by atoms with van der Waals surface area (Å²) in [5, 5.41) is 9.31. The van der Waals surface area contributed by atoms with Gasteiger partial charge < -0.3 is 20.5 Å². The molecule has 0 amide bonds. The topological polar surface area (TPSA) is 100 Å². The van der Waals surface area contributed by atoms with Gasteiger partial charge in [-0.2, -0.15) is 4.98 Å². The minimum atomic E-state index is 0.424. The van der Waals surface area contributed by atoms with Crippen LogP contribution in [0.3, 0.4) is 0 Å². The highest BCUT2D eigenvalue weighted by Crippen LogP contribution is 2.37. The van der Waals surface area contributed by atoms with Crippen LogP contribution in [0.25, 0.3) is 28.0 Å². The summed E-state index contributed by atoms with van der Waals surface area (Å²) in [7, 11) is 3.20. The van der Waals surface area contributed by atoms with Crippen LogP contribution in [0.15, 0.2) is 72.8 Å². The first kappa shape index (κ1) is 23.4. The zero-order valence-corrected chi connectivity index (χ0v) is 20.7. The van der Waals surface area contributed by atoms with Crippen molar-refractivity contribution in [2.45, 2.75) is 6.42 Å². The van der Waals surface area contributed by atoms with E-state index in [2.05, 4.69) is 22.4 Å². The van der Waals surface area contributed by atoms with Gasteiger partial charge in [0.25, 0.3) is 0 Å². The molecule has 8 nitrogen and oxygen atoms in total. The van der Waals surface area contributed by atoms with Crippen molar-refractivity contribution in [2.75, 3.05) is 31.8 Å². The lowest BCUT2D eigenvalue weighted by atomic mass is 10.1. The minimum Gasteiger partial charge on any atom is -0.493 e. The highest BCUT2D eigenvalue weighted by Gasteiger charge is 2.20. The van der Waals surface area contributed by atoms with Crippen molar-refractivity contribution in [3.05, 3.63) is 83.4 Å². The maximum atomic E-state index is 6.61. The second-order valence-electron chi connectivity index (χ2n) is 8.10. The van der Waals surface area contributed by atoms with Gasteiger partial charge in [-0.3, -0.25) is 0 Å². The Morgan fingerprint density at radius 1 is 0.917 bits per heavy atom. The van der Waals surface area contributed by atoms with Crippen molar-refractivity contribution in [1.29, 1.82) is 0 Å². The van der Waals surface area contributed by atoms with Gasteiger partial charge in [0.15, 0.2) is 17.1 Å². The van der Waals surface area contributed by atoms with Gasteiger partial charge >= 0.3 is 0 Å². The second kappa shape index (κ2) is 10.1. The number of benzene rings is 3. The fourth-order valence-corrected chi connectivity index (χ4v) is 4.15. The highest BCUT2D eigenvalue weighted by atomic mass is 35.5. The number of nitrogen functional groups attached to an aromatic ring is 1. The number of nitrogens with one attached hydrogen (secondary N) is 1. The third-order valence-corrected chi connectivity index (χ3v) is 6.09. The molecule has 0 spiro atoms. The molecule has 2 aromatic heterocycles. The van der Waals surface area contributed by atoms with Gasteiger partial charge in [-0.15, -0.1) is 5.10 Å². The zero-order chi connectivity index (χ0) is 25.1. The smallest absolute Gasteiger partial charge is 0.225 e. The summed E-state index contributed by atoms with van der Waals surface area (Å²) in [4.78, 5) is 9.52. The number of aromatic nitrogens is 4. The molecule has 182 valence electrons. The molecule has 3 N–H and O–H groups in total. The Bertz CT molecular complexity index is 1500. The molecular formula is C27H25ClN6O2. The molecule has 5 aromatic rings. The Morgan fingerprint density at radius 2 is 1.67 bits per heavy atom. The first-order chi connectivity index (χ1) is 17.6. The van der Waals surface area contributed by atoms with Crippen LogP contribution in [0.2, 0.25) is 5.02 Å². The largest absolute Gasteiger partial charge is 0.493 e. The van der Waals surface area contributed by atoms with E-state index in [4.69, 9.17) is 36.9 Å². The van der Waals surface area contributed by atoms with Gasteiger partial charge in [0.05, 0.1) is 31.0 Å². The van der Waals surface area contributed by atoms with E-state index >= 15 is 0 Å². The molecule has 0 radical (unpaired) electrons. The van der Waals surface area contributed by atoms with E-state index in [-0.39, 0.29) is 0 Å². The fourth-order valence-electron chi connectivity index (χ4n) is 4.03. The highest BCUT2D eigenvalue weighted by molar-refractivity contribution is 6.30. The van der Waals surface area contributed by atoms with Crippen LogP contribution in [0.4, 0.5) is 11.8 Å². The summed E-state index contributed by atoms with van der Waals surface area (Å²) in [5.41, 5.74) is 10.5. The van der Waals surface area contributed by atoms with Crippen molar-refractivity contribution >= 4 is 34.4 Å². The first-order valence-electron chi connectivity index (χ1n) is 11.4. The maximum Gasteiger partial charge on any atom is 0.225 e. The first-order valence-corrected chi connectivity index (χ1v) is 11.8. The summed E-state index contributed by atoms with van der Waals surface area (Å²) in [6.07, 6.45) is 0.829. The van der Waals surface area contributed by atoms with Crippen LogP contribution in [0, 0.1) is 0 Å². The lowest BCUT2D eigenvalue weighted by molar-refractivity contribution is 0.355. The van der Waals surface area contributed by atoms with Crippen molar-refractivity contribution in [3.63, 3.8) is 0 Å². The van der Waals surface area contributed by atoms with Crippen molar-refractivity contribution in [2.24, 2.45) is 0 Å². The van der Waals surface area contributed by atoms with Crippen molar-refractivity contribution in [1.82, 2.24) is 19.7 Å². The lowest BCUT2D eigenvalue weighted by Gasteiger charge is -2.12. The molecule has 0 atom stereocenters. The number of halogens is 1. The number of hydrogen-bond donors (Lipinski definition) is 2. The van der Waals surface area contributed by atoms with E-state index in [1.807, 2.05) is 48.5 Å². The molecule has 0 fully saturated rings. The van der Waals surface area contributed by atoms with Gasteiger partial charge in [-0.25, -0.2) is 9.67 Å². The number of anilines is 2. The van der Waals surface area contributed by atoms with Crippen LogP contribution in [0.5, 0.6) is 11.5 Å². The number of rotatable bonds is 8. The Kier molecular flexibility index (Phi) is 6.60. The Labute approximate surface area is 213 Å². The third-order valence-electron chi connectivity index (χ3n) is 5.84. The molecule has 2 heterocycles. The average Bonchev–Trinajstić information content (AvgIpc) is 3.25. The van der Waals surface area contributed by atoms with Crippen LogP contribution >= 0.6 is 11.6 Å². The standard InChI is InChI=1S/C27H25ClN6O2/c1-35-21-13-8-18(16-22(21)36-2)24-23-25(29)34(20-11-9-19(28)10-12-20)33-26(23)32-27(31-24)30-15-14-17-6-4-3-5-7-17/h3-13,16H,14-15,29H2,1-2H3,(H,30,32,33). The molecule has 9 heteroatoms. The summed E-state index contributed by atoms with van der Waals surface area (Å²) < 4.78 is 12.6. The molecule has 5 rings (SSSR count). The number of nitrogens with two attached hydrogens (primary N) is 1. The molecule has 0 aliphatic carbocycles. The molecule has 0 bridgehead atoms. The zero-order valence-electron chi connectivity index (χ0n) is 19.9. The Morgan fingerprint density at radius 3 is 2.39 bits per heavy atom. The Balaban J connectivity index is 1.60. The van der Waals surface area contributed by atoms with Gasteiger partial charge in [0, 0.05) is 17.1 Å². The SMILES string of the molecule is COc1ccc(-c2nc(NCCc3ccccc3)nc3nn(-c4ccc(Cl)cc4)c(N)c23)cc1OC. The number of methoxy groups -OCH3 is 2. The van der Waals surface area contributed by atoms with Crippen LogP contribution in [-0.2, 0) is 6.42 Å². The molecule has 36 heavy (non-hydrogen) atoms. The maximum absolute atomic E-state index is 6.61. The van der Waals surface area contributed by atoms with Crippen LogP contribution in [-0.4, -0.2) is 40.5 Å². The number of fused-ring (bicyclic) bond motifs is 1. The van der Waals surface area contributed by atoms with Gasteiger partial charge in [0.1, 0.15) is 5.82 Å². The average molecular weight is 501 g/mol. The molecule has 0 unspecified atom stereocenters. The van der Waals surface area contributed by atoms with Gasteiger partial charge in [0.2, 0.25) is 5.95 Å². The normalized spacial score (nSPS) is 11.0. The van der Waals surface area contributed by atoms with E-state index in [0.29, 0.717) is 51.6 Å². The monoisotopic (exact) mass is 500 g/mol. The predicted octanol–water partition coefficient (Wildman–Crippen LogP) is 5.39. The van der Waals surface area contributed by atoms with Crippen LogP contribution in [0.1, 0.15) is 5.56 Å².